The van der Waals surface area contributed by atoms with Crippen LogP contribution in [0, 0.1) is 22.7 Å². The van der Waals surface area contributed by atoms with Crippen LogP contribution in [0.15, 0.2) is 11.1 Å². The van der Waals surface area contributed by atoms with E-state index in [0.29, 0.717) is 6.61 Å². The van der Waals surface area contributed by atoms with Crippen molar-refractivity contribution in [2.24, 2.45) is 0 Å². The van der Waals surface area contributed by atoms with Gasteiger partial charge in [0.1, 0.15) is 23.8 Å². The summed E-state index contributed by atoms with van der Waals surface area (Å²) in [6.07, 6.45) is 2.64. The third kappa shape index (κ3) is 1.82. The van der Waals surface area contributed by atoms with Crippen LogP contribution in [0.4, 0.5) is 0 Å². The maximum Gasteiger partial charge on any atom is 0.131 e. The molecule has 4 nitrogen and oxygen atoms in total. The maximum absolute atomic E-state index is 8.89. The topological polar surface area (TPSA) is 66.0 Å². The van der Waals surface area contributed by atoms with E-state index in [1.54, 1.807) is 0 Å². The summed E-state index contributed by atoms with van der Waals surface area (Å²) in [6.45, 7) is 2.58. The summed E-state index contributed by atoms with van der Waals surface area (Å²) in [5, 5.41) is 17.8. The first-order valence-corrected chi connectivity index (χ1v) is 5.60. The first-order chi connectivity index (χ1) is 7.80. The van der Waals surface area contributed by atoms with Gasteiger partial charge < -0.3 is 9.47 Å². The van der Waals surface area contributed by atoms with Crippen LogP contribution in [0.5, 0.6) is 0 Å². The van der Waals surface area contributed by atoms with Gasteiger partial charge in [0.2, 0.25) is 0 Å². The second-order valence-electron chi connectivity index (χ2n) is 4.07. The van der Waals surface area contributed by atoms with Crippen LogP contribution in [0.25, 0.3) is 0 Å². The number of rotatable bonds is 2. The molecule has 0 N–H and O–H groups in total. The van der Waals surface area contributed by atoms with Crippen LogP contribution in [-0.2, 0) is 9.47 Å². The number of ether oxygens (including phenoxy) is 2. The molecule has 0 spiro atoms. The van der Waals surface area contributed by atoms with Gasteiger partial charge in [-0.3, -0.25) is 0 Å². The van der Waals surface area contributed by atoms with Crippen LogP contribution in [0.3, 0.4) is 0 Å². The Kier molecular flexibility index (Phi) is 3.24. The molecule has 16 heavy (non-hydrogen) atoms. The average molecular weight is 218 g/mol. The zero-order valence-electron chi connectivity index (χ0n) is 9.27. The molecule has 3 atom stereocenters. The van der Waals surface area contributed by atoms with Crippen LogP contribution < -0.4 is 0 Å². The van der Waals surface area contributed by atoms with Crippen LogP contribution in [0.1, 0.15) is 26.2 Å². The highest BCUT2D eigenvalue weighted by molar-refractivity contribution is 5.43. The Morgan fingerprint density at radius 3 is 2.88 bits per heavy atom. The van der Waals surface area contributed by atoms with E-state index in [0.717, 1.165) is 24.8 Å². The normalized spacial score (nSPS) is 31.9. The minimum absolute atomic E-state index is 0.0178. The van der Waals surface area contributed by atoms with Crippen molar-refractivity contribution >= 4 is 0 Å². The van der Waals surface area contributed by atoms with E-state index in [9.17, 15) is 0 Å². The fraction of sp³-hybridized carbons (Fsp3) is 0.667. The Labute approximate surface area is 95.1 Å². The number of fused-ring (bicyclic) bond motifs is 2. The zero-order chi connectivity index (χ0) is 11.5. The van der Waals surface area contributed by atoms with Crippen molar-refractivity contribution in [2.45, 2.75) is 44.5 Å². The molecule has 0 aromatic heterocycles. The molecule has 2 saturated heterocycles. The molecule has 2 aliphatic rings. The molecule has 2 bridgehead atoms. The maximum atomic E-state index is 8.89. The van der Waals surface area contributed by atoms with E-state index >= 15 is 0 Å². The summed E-state index contributed by atoms with van der Waals surface area (Å²) in [5.41, 5.74) is 1.03. The smallest absolute Gasteiger partial charge is 0.131 e. The van der Waals surface area contributed by atoms with Gasteiger partial charge in [-0.2, -0.15) is 10.5 Å². The van der Waals surface area contributed by atoms with E-state index in [-0.39, 0.29) is 23.9 Å². The zero-order valence-corrected chi connectivity index (χ0v) is 9.27. The predicted octanol–water partition coefficient (Wildman–Crippen LogP) is 1.69. The minimum atomic E-state index is -0.173. The van der Waals surface area contributed by atoms with Crippen molar-refractivity contribution in [3.63, 3.8) is 0 Å². The summed E-state index contributed by atoms with van der Waals surface area (Å²) >= 11 is 0. The molecule has 2 fully saturated rings. The van der Waals surface area contributed by atoms with Crippen molar-refractivity contribution in [3.05, 3.63) is 11.1 Å². The molecule has 84 valence electrons. The summed E-state index contributed by atoms with van der Waals surface area (Å²) in [7, 11) is 0. The van der Waals surface area contributed by atoms with E-state index in [4.69, 9.17) is 20.0 Å². The largest absolute Gasteiger partial charge is 0.375 e. The van der Waals surface area contributed by atoms with Gasteiger partial charge in [-0.05, 0) is 25.3 Å². The van der Waals surface area contributed by atoms with Crippen molar-refractivity contribution in [1.29, 1.82) is 10.5 Å². The summed E-state index contributed by atoms with van der Waals surface area (Å²) in [5.74, 6) is 0. The lowest BCUT2D eigenvalue weighted by molar-refractivity contribution is -0.0143. The number of nitriles is 2. The Morgan fingerprint density at radius 1 is 1.50 bits per heavy atom. The quantitative estimate of drug-likeness (QED) is 0.661. The molecule has 4 heteroatoms. The Morgan fingerprint density at radius 2 is 2.25 bits per heavy atom. The van der Waals surface area contributed by atoms with E-state index in [2.05, 4.69) is 0 Å². The van der Waals surface area contributed by atoms with Crippen molar-refractivity contribution in [1.82, 2.24) is 0 Å². The lowest BCUT2D eigenvalue weighted by atomic mass is 9.97. The monoisotopic (exact) mass is 218 g/mol. The summed E-state index contributed by atoms with van der Waals surface area (Å²) in [4.78, 5) is 0. The highest BCUT2D eigenvalue weighted by Gasteiger charge is 2.42. The third-order valence-corrected chi connectivity index (χ3v) is 3.18. The summed E-state index contributed by atoms with van der Waals surface area (Å²) in [6, 6.07) is 3.90. The Hall–Kier alpha value is -1.36. The van der Waals surface area contributed by atoms with Crippen LogP contribution in [-0.4, -0.2) is 24.9 Å². The number of allylic oxidation sites excluding steroid dienone is 1. The number of nitrogens with zero attached hydrogens (tertiary/aromatic N) is 2. The molecule has 0 saturated carbocycles. The third-order valence-electron chi connectivity index (χ3n) is 3.18. The molecule has 2 aliphatic heterocycles. The highest BCUT2D eigenvalue weighted by atomic mass is 16.6. The minimum Gasteiger partial charge on any atom is -0.375 e. The van der Waals surface area contributed by atoms with Gasteiger partial charge in [-0.15, -0.1) is 0 Å². The van der Waals surface area contributed by atoms with E-state index in [1.165, 1.54) is 0 Å². The summed E-state index contributed by atoms with van der Waals surface area (Å²) < 4.78 is 11.4. The van der Waals surface area contributed by atoms with Gasteiger partial charge in [0.05, 0.1) is 12.2 Å². The lowest BCUT2D eigenvalue weighted by Gasteiger charge is -2.25. The van der Waals surface area contributed by atoms with Crippen LogP contribution in [0.2, 0.25) is 0 Å². The SMILES string of the molecule is CCO[C@@H]1C[C@H]2CCC(=C(C#N)C#N)[C@@H]1O2. The molecule has 0 aromatic carbocycles. The first kappa shape index (κ1) is 11.1. The molecule has 0 aromatic rings. The molecular weight excluding hydrogens is 204 g/mol. The van der Waals surface area contributed by atoms with Crippen molar-refractivity contribution in [2.75, 3.05) is 6.61 Å². The van der Waals surface area contributed by atoms with Gasteiger partial charge in [-0.25, -0.2) is 0 Å². The number of hydrogen-bond donors (Lipinski definition) is 0. The van der Waals surface area contributed by atoms with Gasteiger partial charge in [0.15, 0.2) is 0 Å². The molecular formula is C12H14N2O2. The van der Waals surface area contributed by atoms with Crippen LogP contribution >= 0.6 is 0 Å². The molecule has 2 heterocycles. The van der Waals surface area contributed by atoms with Crippen molar-refractivity contribution < 1.29 is 9.47 Å². The second kappa shape index (κ2) is 4.65. The predicted molar refractivity (Wildman–Crippen MR) is 56.2 cm³/mol. The van der Waals surface area contributed by atoms with Gasteiger partial charge in [0, 0.05) is 13.0 Å². The van der Waals surface area contributed by atoms with E-state index in [1.807, 2.05) is 19.1 Å². The Bertz CT molecular complexity index is 373. The molecule has 0 unspecified atom stereocenters. The van der Waals surface area contributed by atoms with Gasteiger partial charge >= 0.3 is 0 Å². The molecule has 0 aliphatic carbocycles. The molecule has 0 radical (unpaired) electrons. The van der Waals surface area contributed by atoms with E-state index < -0.39 is 0 Å². The lowest BCUT2D eigenvalue weighted by Crippen LogP contribution is -2.29. The second-order valence-corrected chi connectivity index (χ2v) is 4.07. The fourth-order valence-corrected chi connectivity index (χ4v) is 2.49. The molecule has 0 amide bonds. The Balaban J connectivity index is 2.27. The van der Waals surface area contributed by atoms with Gasteiger partial charge in [0.25, 0.3) is 0 Å². The molecule has 2 rings (SSSR count). The average Bonchev–Trinajstić information content (AvgIpc) is 2.61. The highest BCUT2D eigenvalue weighted by Crippen LogP contribution is 2.38. The van der Waals surface area contributed by atoms with Gasteiger partial charge in [-0.1, -0.05) is 0 Å². The first-order valence-electron chi connectivity index (χ1n) is 5.60. The fourth-order valence-electron chi connectivity index (χ4n) is 2.49. The number of hydrogen-bond acceptors (Lipinski definition) is 4. The standard InChI is InChI=1S/C12H14N2O2/c1-2-15-11-5-9-3-4-10(12(11)16-9)8(6-13)7-14/h9,11-12H,2-5H2,1H3/t9-,11-,12+/m1/s1. The van der Waals surface area contributed by atoms with Crippen molar-refractivity contribution in [3.8, 4) is 12.1 Å².